The molecule has 3 aliphatic heterocycles. The number of hydrogen-bond acceptors (Lipinski definition) is 4. The number of ether oxygens (including phenoxy) is 1. The van der Waals surface area contributed by atoms with Crippen LogP contribution in [0.25, 0.3) is 0 Å². The highest BCUT2D eigenvalue weighted by molar-refractivity contribution is 6.01. The highest BCUT2D eigenvalue weighted by Gasteiger charge is 2.40. The molecular weight excluding hydrogens is 421 g/mol. The Bertz CT molecular complexity index is 943. The number of nitrogens with zero attached hydrogens (tertiary/aromatic N) is 1. The molecule has 6 nitrogen and oxygen atoms in total. The summed E-state index contributed by atoms with van der Waals surface area (Å²) in [7, 11) is 0. The molecule has 1 aromatic rings. The van der Waals surface area contributed by atoms with Gasteiger partial charge in [-0.05, 0) is 62.5 Å². The third-order valence-electron chi connectivity index (χ3n) is 7.90. The second kappa shape index (κ2) is 9.55. The smallest absolute Gasteiger partial charge is 0.255 e. The van der Waals surface area contributed by atoms with Crippen LogP contribution in [0.5, 0.6) is 0 Å². The number of carbonyl (C=O) groups is 2. The number of carbonyl (C=O) groups excluding carboxylic acids is 2. The van der Waals surface area contributed by atoms with Crippen molar-refractivity contribution >= 4 is 11.8 Å². The lowest BCUT2D eigenvalue weighted by Gasteiger charge is -2.36. The summed E-state index contributed by atoms with van der Waals surface area (Å²) in [6.45, 7) is 5.58. The SMILES string of the molecule is C=C1CCC(N2Cc3c(ccc(C[C@H]4CCCC[C@@H]4NC4CCOCC4)c3F)C2=O)C(=O)N1. The maximum Gasteiger partial charge on any atom is 0.255 e. The molecule has 5 rings (SSSR count). The predicted molar refractivity (Wildman–Crippen MR) is 123 cm³/mol. The molecule has 0 radical (unpaired) electrons. The van der Waals surface area contributed by atoms with Crippen LogP contribution in [0.4, 0.5) is 4.39 Å². The Morgan fingerprint density at radius 1 is 1.12 bits per heavy atom. The van der Waals surface area contributed by atoms with Crippen molar-refractivity contribution in [1.29, 1.82) is 0 Å². The fraction of sp³-hybridized carbons (Fsp3) is 0.615. The summed E-state index contributed by atoms with van der Waals surface area (Å²) in [6.07, 6.45) is 8.53. The highest BCUT2D eigenvalue weighted by atomic mass is 19.1. The van der Waals surface area contributed by atoms with Crippen molar-refractivity contribution in [3.05, 3.63) is 46.9 Å². The fourth-order valence-corrected chi connectivity index (χ4v) is 6.01. The number of benzene rings is 1. The first-order valence-electron chi connectivity index (χ1n) is 12.4. The summed E-state index contributed by atoms with van der Waals surface area (Å²) in [5, 5.41) is 6.59. The van der Waals surface area contributed by atoms with Gasteiger partial charge in [-0.1, -0.05) is 25.5 Å². The fourth-order valence-electron chi connectivity index (χ4n) is 6.01. The molecule has 3 heterocycles. The van der Waals surface area contributed by atoms with E-state index in [4.69, 9.17) is 4.74 Å². The van der Waals surface area contributed by atoms with Gasteiger partial charge in [0.05, 0.1) is 6.54 Å². The standard InChI is InChI=1S/C26H34FN3O3/c1-16-6-9-23(25(31)28-16)30-15-21-20(26(30)32)8-7-18(24(21)27)14-17-4-2-3-5-22(17)29-19-10-12-33-13-11-19/h7-8,17,19,22-23,29H,1-6,9-15H2,(H,28,31)/t17-,22+,23?/m1/s1. The third kappa shape index (κ3) is 4.58. The molecule has 1 unspecified atom stereocenters. The van der Waals surface area contributed by atoms with E-state index in [0.717, 1.165) is 38.9 Å². The molecule has 0 spiro atoms. The summed E-state index contributed by atoms with van der Waals surface area (Å²) in [6, 6.07) is 3.87. The number of amides is 2. The molecule has 178 valence electrons. The molecule has 3 fully saturated rings. The Balaban J connectivity index is 1.30. The number of fused-ring (bicyclic) bond motifs is 1. The summed E-state index contributed by atoms with van der Waals surface area (Å²) in [5.74, 6) is -0.353. The second-order valence-electron chi connectivity index (χ2n) is 10.1. The maximum atomic E-state index is 15.7. The van der Waals surface area contributed by atoms with E-state index in [1.165, 1.54) is 17.7 Å². The quantitative estimate of drug-likeness (QED) is 0.714. The molecule has 1 aliphatic carbocycles. The van der Waals surface area contributed by atoms with Crippen LogP contribution in [0.15, 0.2) is 24.4 Å². The lowest BCUT2D eigenvalue weighted by atomic mass is 9.79. The van der Waals surface area contributed by atoms with Crippen LogP contribution in [0.1, 0.15) is 72.9 Å². The first-order chi connectivity index (χ1) is 16.0. The van der Waals surface area contributed by atoms with Gasteiger partial charge in [-0.3, -0.25) is 9.59 Å². The van der Waals surface area contributed by atoms with Gasteiger partial charge in [-0.2, -0.15) is 0 Å². The monoisotopic (exact) mass is 455 g/mol. The lowest BCUT2D eigenvalue weighted by Crippen LogP contribution is -2.49. The summed E-state index contributed by atoms with van der Waals surface area (Å²) < 4.78 is 21.1. The van der Waals surface area contributed by atoms with Crippen molar-refractivity contribution < 1.29 is 18.7 Å². The second-order valence-corrected chi connectivity index (χ2v) is 10.1. The van der Waals surface area contributed by atoms with E-state index >= 15 is 4.39 Å². The largest absolute Gasteiger partial charge is 0.381 e. The number of hydrogen-bond donors (Lipinski definition) is 2. The number of halogens is 1. The van der Waals surface area contributed by atoms with Crippen molar-refractivity contribution in [1.82, 2.24) is 15.5 Å². The molecule has 3 atom stereocenters. The first-order valence-corrected chi connectivity index (χ1v) is 12.4. The van der Waals surface area contributed by atoms with Crippen molar-refractivity contribution in [3.8, 4) is 0 Å². The van der Waals surface area contributed by atoms with E-state index in [2.05, 4.69) is 17.2 Å². The minimum Gasteiger partial charge on any atom is -0.381 e. The number of rotatable bonds is 5. The van der Waals surface area contributed by atoms with Crippen molar-refractivity contribution in [2.24, 2.45) is 5.92 Å². The van der Waals surface area contributed by atoms with Gasteiger partial charge in [0, 0.05) is 42.1 Å². The van der Waals surface area contributed by atoms with Gasteiger partial charge in [-0.15, -0.1) is 0 Å². The van der Waals surface area contributed by atoms with E-state index in [0.29, 0.717) is 59.7 Å². The highest BCUT2D eigenvalue weighted by Crippen LogP contribution is 2.34. The van der Waals surface area contributed by atoms with Crippen molar-refractivity contribution in [2.45, 2.75) is 82.5 Å². The minimum atomic E-state index is -0.565. The first kappa shape index (κ1) is 22.5. The molecule has 1 aromatic carbocycles. The van der Waals surface area contributed by atoms with Crippen LogP contribution in [-0.2, 0) is 22.5 Å². The topological polar surface area (TPSA) is 70.7 Å². The molecule has 7 heteroatoms. The van der Waals surface area contributed by atoms with E-state index in [9.17, 15) is 9.59 Å². The van der Waals surface area contributed by atoms with Crippen LogP contribution >= 0.6 is 0 Å². The zero-order valence-electron chi connectivity index (χ0n) is 19.2. The van der Waals surface area contributed by atoms with Gasteiger partial charge in [0.2, 0.25) is 5.91 Å². The molecule has 1 saturated carbocycles. The Hall–Kier alpha value is -2.25. The van der Waals surface area contributed by atoms with Gasteiger partial charge < -0.3 is 20.3 Å². The zero-order chi connectivity index (χ0) is 22.9. The van der Waals surface area contributed by atoms with Crippen LogP contribution in [0.3, 0.4) is 0 Å². The Kier molecular flexibility index (Phi) is 6.52. The van der Waals surface area contributed by atoms with E-state index in [1.807, 2.05) is 0 Å². The Labute approximate surface area is 194 Å². The van der Waals surface area contributed by atoms with Crippen LogP contribution in [-0.4, -0.2) is 48.1 Å². The van der Waals surface area contributed by atoms with E-state index < -0.39 is 6.04 Å². The van der Waals surface area contributed by atoms with Gasteiger partial charge >= 0.3 is 0 Å². The number of allylic oxidation sites excluding steroid dienone is 1. The number of piperidine rings is 1. The molecule has 4 aliphatic rings. The molecule has 0 bridgehead atoms. The maximum absolute atomic E-state index is 15.7. The third-order valence-corrected chi connectivity index (χ3v) is 7.90. The molecule has 2 amide bonds. The Morgan fingerprint density at radius 2 is 1.91 bits per heavy atom. The Morgan fingerprint density at radius 3 is 2.70 bits per heavy atom. The normalized spacial score (nSPS) is 28.7. The average molecular weight is 456 g/mol. The lowest BCUT2D eigenvalue weighted by molar-refractivity contribution is -0.126. The molecule has 0 aromatic heterocycles. The molecule has 33 heavy (non-hydrogen) atoms. The van der Waals surface area contributed by atoms with Gasteiger partial charge in [-0.25, -0.2) is 4.39 Å². The molecular formula is C26H34FN3O3. The summed E-state index contributed by atoms with van der Waals surface area (Å²) in [5.41, 5.74) is 2.20. The van der Waals surface area contributed by atoms with E-state index in [-0.39, 0.29) is 24.2 Å². The van der Waals surface area contributed by atoms with Crippen molar-refractivity contribution in [2.75, 3.05) is 13.2 Å². The van der Waals surface area contributed by atoms with Crippen LogP contribution in [0.2, 0.25) is 0 Å². The molecule has 2 N–H and O–H groups in total. The summed E-state index contributed by atoms with van der Waals surface area (Å²) >= 11 is 0. The zero-order valence-corrected chi connectivity index (χ0v) is 19.2. The predicted octanol–water partition coefficient (Wildman–Crippen LogP) is 3.44. The minimum absolute atomic E-state index is 0.160. The molecule has 2 saturated heterocycles. The van der Waals surface area contributed by atoms with Gasteiger partial charge in [0.1, 0.15) is 11.9 Å². The van der Waals surface area contributed by atoms with Crippen LogP contribution in [0, 0.1) is 11.7 Å². The van der Waals surface area contributed by atoms with E-state index in [1.54, 1.807) is 12.1 Å². The van der Waals surface area contributed by atoms with Gasteiger partial charge in [0.25, 0.3) is 5.91 Å². The summed E-state index contributed by atoms with van der Waals surface area (Å²) in [4.78, 5) is 26.9. The average Bonchev–Trinajstić information content (AvgIpc) is 3.14. The van der Waals surface area contributed by atoms with Crippen molar-refractivity contribution in [3.63, 3.8) is 0 Å². The van der Waals surface area contributed by atoms with Gasteiger partial charge in [0.15, 0.2) is 0 Å². The number of nitrogens with one attached hydrogen (secondary N) is 2. The van der Waals surface area contributed by atoms with Crippen LogP contribution < -0.4 is 10.6 Å².